The number of carbonyl (C=O) groups is 3. The first kappa shape index (κ1) is 24.8. The second kappa shape index (κ2) is 12.4. The second-order valence-corrected chi connectivity index (χ2v) is 8.49. The van der Waals surface area contributed by atoms with Crippen molar-refractivity contribution in [2.45, 2.75) is 39.0 Å². The number of likely N-dealkylation sites (tertiary alicyclic amines) is 1. The van der Waals surface area contributed by atoms with E-state index in [9.17, 15) is 14.4 Å². The molecule has 0 bridgehead atoms. The number of carbonyl (C=O) groups excluding carboxylic acids is 1. The Morgan fingerprint density at radius 1 is 0.903 bits per heavy atom. The van der Waals surface area contributed by atoms with E-state index in [0.717, 1.165) is 29.1 Å². The number of nitrogens with zero attached hydrogens (tertiary/aromatic N) is 1. The standard InChI is InChI=1S/C15H20BrNO.C9H8O4/c16-14-8-6-13(7-9-14)15(18)5-4-12-17-10-2-1-3-11-17;1-5-2-3-6(8(10)11)4-7(5)9(12)13/h6-9H,1-5,10-12H2;2-4H,1H3,(H,10,11)(H,12,13). The molecule has 31 heavy (non-hydrogen) atoms. The van der Waals surface area contributed by atoms with Gasteiger partial charge in [-0.25, -0.2) is 9.59 Å². The number of piperidine rings is 1. The SMILES string of the molecule is Cc1ccc(C(=O)O)cc1C(=O)O.O=C(CCCN1CCCCC1)c1ccc(Br)cc1. The number of hydrogen-bond acceptors (Lipinski definition) is 4. The summed E-state index contributed by atoms with van der Waals surface area (Å²) in [5.74, 6) is -1.97. The molecule has 3 rings (SSSR count). The van der Waals surface area contributed by atoms with Crippen molar-refractivity contribution in [1.82, 2.24) is 4.90 Å². The smallest absolute Gasteiger partial charge is 0.335 e. The van der Waals surface area contributed by atoms with Crippen LogP contribution in [0, 0.1) is 6.92 Å². The van der Waals surface area contributed by atoms with Gasteiger partial charge in [0.1, 0.15) is 0 Å². The highest BCUT2D eigenvalue weighted by Crippen LogP contribution is 2.14. The number of benzene rings is 2. The van der Waals surface area contributed by atoms with Crippen molar-refractivity contribution >= 4 is 33.7 Å². The number of halogens is 1. The van der Waals surface area contributed by atoms with Crippen LogP contribution in [0.2, 0.25) is 0 Å². The van der Waals surface area contributed by atoms with Crippen molar-refractivity contribution in [3.8, 4) is 0 Å². The maximum Gasteiger partial charge on any atom is 0.335 e. The third-order valence-electron chi connectivity index (χ3n) is 5.21. The fourth-order valence-electron chi connectivity index (χ4n) is 3.41. The highest BCUT2D eigenvalue weighted by atomic mass is 79.9. The Bertz CT molecular complexity index is 905. The number of carboxylic acids is 2. The molecular formula is C24H28BrNO5. The molecule has 2 N–H and O–H groups in total. The van der Waals surface area contributed by atoms with Gasteiger partial charge in [0.15, 0.2) is 5.78 Å². The second-order valence-electron chi connectivity index (χ2n) is 7.58. The molecule has 2 aromatic carbocycles. The third kappa shape index (κ3) is 8.26. The molecular weight excluding hydrogens is 462 g/mol. The van der Waals surface area contributed by atoms with E-state index in [4.69, 9.17) is 10.2 Å². The Kier molecular flexibility index (Phi) is 9.88. The molecule has 0 radical (unpaired) electrons. The van der Waals surface area contributed by atoms with Crippen LogP contribution in [-0.4, -0.2) is 52.5 Å². The molecule has 1 aliphatic rings. The number of carboxylic acid groups (broad SMARTS) is 2. The Morgan fingerprint density at radius 2 is 1.52 bits per heavy atom. The normalized spacial score (nSPS) is 13.7. The minimum Gasteiger partial charge on any atom is -0.478 e. The molecule has 0 atom stereocenters. The highest BCUT2D eigenvalue weighted by molar-refractivity contribution is 9.10. The zero-order valence-corrected chi connectivity index (χ0v) is 19.2. The maximum absolute atomic E-state index is 12.0. The molecule has 6 nitrogen and oxygen atoms in total. The van der Waals surface area contributed by atoms with Crippen molar-refractivity contribution in [2.75, 3.05) is 19.6 Å². The molecule has 1 heterocycles. The Labute approximate surface area is 191 Å². The van der Waals surface area contributed by atoms with Gasteiger partial charge in [0.2, 0.25) is 0 Å². The Morgan fingerprint density at radius 3 is 2.10 bits per heavy atom. The lowest BCUT2D eigenvalue weighted by molar-refractivity contribution is 0.0695. The molecule has 0 unspecified atom stereocenters. The first-order chi connectivity index (χ1) is 14.8. The van der Waals surface area contributed by atoms with Crippen LogP contribution in [0.15, 0.2) is 46.9 Å². The van der Waals surface area contributed by atoms with Crippen molar-refractivity contribution in [3.05, 3.63) is 69.2 Å². The van der Waals surface area contributed by atoms with Crippen LogP contribution in [0.5, 0.6) is 0 Å². The van der Waals surface area contributed by atoms with E-state index in [1.807, 2.05) is 24.3 Å². The minimum atomic E-state index is -1.12. The number of Topliss-reactive ketones (excluding diaryl/α,β-unsaturated/α-hetero) is 1. The van der Waals surface area contributed by atoms with Gasteiger partial charge < -0.3 is 15.1 Å². The molecule has 0 spiro atoms. The fraction of sp³-hybridized carbons (Fsp3) is 0.375. The van der Waals surface area contributed by atoms with E-state index in [-0.39, 0.29) is 16.9 Å². The maximum atomic E-state index is 12.0. The Hall–Kier alpha value is -2.51. The molecule has 1 aliphatic heterocycles. The van der Waals surface area contributed by atoms with Crippen LogP contribution in [0.1, 0.15) is 68.7 Å². The highest BCUT2D eigenvalue weighted by Gasteiger charge is 2.12. The summed E-state index contributed by atoms with van der Waals surface area (Å²) in [6.45, 7) is 5.12. The van der Waals surface area contributed by atoms with Gasteiger partial charge in [-0.15, -0.1) is 0 Å². The van der Waals surface area contributed by atoms with E-state index < -0.39 is 11.9 Å². The molecule has 1 saturated heterocycles. The summed E-state index contributed by atoms with van der Waals surface area (Å²) in [4.78, 5) is 35.5. The van der Waals surface area contributed by atoms with Gasteiger partial charge in [-0.1, -0.05) is 40.5 Å². The molecule has 0 aromatic heterocycles. The lowest BCUT2D eigenvalue weighted by Gasteiger charge is -2.26. The zero-order valence-electron chi connectivity index (χ0n) is 17.6. The Balaban J connectivity index is 0.000000233. The molecule has 2 aromatic rings. The van der Waals surface area contributed by atoms with Gasteiger partial charge in [-0.05, 0) is 75.6 Å². The third-order valence-corrected chi connectivity index (χ3v) is 5.74. The minimum absolute atomic E-state index is 0.0111. The van der Waals surface area contributed by atoms with Gasteiger partial charge in [0.05, 0.1) is 11.1 Å². The molecule has 0 aliphatic carbocycles. The number of rotatable bonds is 7. The largest absolute Gasteiger partial charge is 0.478 e. The summed E-state index contributed by atoms with van der Waals surface area (Å²) in [6.07, 6.45) is 5.66. The lowest BCUT2D eigenvalue weighted by Crippen LogP contribution is -2.30. The number of aryl methyl sites for hydroxylation is 1. The van der Waals surface area contributed by atoms with Crippen LogP contribution >= 0.6 is 15.9 Å². The summed E-state index contributed by atoms with van der Waals surface area (Å²) in [6, 6.07) is 11.7. The fourth-order valence-corrected chi connectivity index (χ4v) is 3.68. The number of aromatic carboxylic acids is 2. The topological polar surface area (TPSA) is 94.9 Å². The van der Waals surface area contributed by atoms with Crippen molar-refractivity contribution in [3.63, 3.8) is 0 Å². The van der Waals surface area contributed by atoms with Gasteiger partial charge in [-0.3, -0.25) is 4.79 Å². The molecule has 166 valence electrons. The van der Waals surface area contributed by atoms with Gasteiger partial charge >= 0.3 is 11.9 Å². The average Bonchev–Trinajstić information content (AvgIpc) is 2.75. The predicted octanol–water partition coefficient (Wildman–Crippen LogP) is 5.29. The van der Waals surface area contributed by atoms with E-state index >= 15 is 0 Å². The monoisotopic (exact) mass is 489 g/mol. The van der Waals surface area contributed by atoms with Crippen LogP contribution < -0.4 is 0 Å². The molecule has 0 saturated carbocycles. The molecule has 1 fully saturated rings. The van der Waals surface area contributed by atoms with Crippen molar-refractivity contribution in [2.24, 2.45) is 0 Å². The van der Waals surface area contributed by atoms with Gasteiger partial charge in [0.25, 0.3) is 0 Å². The summed E-state index contributed by atoms with van der Waals surface area (Å²) in [5.41, 5.74) is 1.40. The van der Waals surface area contributed by atoms with Crippen LogP contribution in [0.25, 0.3) is 0 Å². The lowest BCUT2D eigenvalue weighted by atomic mass is 10.1. The quantitative estimate of drug-likeness (QED) is 0.513. The first-order valence-electron chi connectivity index (χ1n) is 10.4. The summed E-state index contributed by atoms with van der Waals surface area (Å²) in [5, 5.41) is 17.3. The first-order valence-corrected chi connectivity index (χ1v) is 11.2. The van der Waals surface area contributed by atoms with Crippen LogP contribution in [-0.2, 0) is 0 Å². The van der Waals surface area contributed by atoms with E-state index in [1.54, 1.807) is 6.92 Å². The molecule has 7 heteroatoms. The summed E-state index contributed by atoms with van der Waals surface area (Å²) < 4.78 is 1.02. The van der Waals surface area contributed by atoms with Gasteiger partial charge in [0, 0.05) is 16.5 Å². The predicted molar refractivity (Wildman–Crippen MR) is 123 cm³/mol. The van der Waals surface area contributed by atoms with E-state index in [2.05, 4.69) is 20.8 Å². The van der Waals surface area contributed by atoms with Crippen molar-refractivity contribution < 1.29 is 24.6 Å². The summed E-state index contributed by atoms with van der Waals surface area (Å²) >= 11 is 3.38. The van der Waals surface area contributed by atoms with Crippen molar-refractivity contribution in [1.29, 1.82) is 0 Å². The van der Waals surface area contributed by atoms with E-state index in [1.165, 1.54) is 44.5 Å². The zero-order chi connectivity index (χ0) is 22.8. The summed E-state index contributed by atoms with van der Waals surface area (Å²) in [7, 11) is 0. The van der Waals surface area contributed by atoms with Gasteiger partial charge in [-0.2, -0.15) is 0 Å². The van der Waals surface area contributed by atoms with E-state index in [0.29, 0.717) is 12.0 Å². The van der Waals surface area contributed by atoms with Crippen LogP contribution in [0.4, 0.5) is 0 Å². The molecule has 0 amide bonds. The number of ketones is 1. The average molecular weight is 490 g/mol. The number of hydrogen-bond donors (Lipinski definition) is 2. The van der Waals surface area contributed by atoms with Crippen LogP contribution in [0.3, 0.4) is 0 Å².